The quantitative estimate of drug-likeness (QED) is 0.817. The number of halogens is 1. The van der Waals surface area contributed by atoms with Crippen molar-refractivity contribution in [2.45, 2.75) is 12.8 Å². The van der Waals surface area contributed by atoms with Gasteiger partial charge in [0.15, 0.2) is 0 Å². The second-order valence-corrected chi connectivity index (χ2v) is 6.67. The van der Waals surface area contributed by atoms with Crippen LogP contribution in [0.3, 0.4) is 0 Å². The predicted molar refractivity (Wildman–Crippen MR) is 92.5 cm³/mol. The Bertz CT molecular complexity index is 655. The number of rotatable bonds is 4. The molecule has 1 amide bonds. The van der Waals surface area contributed by atoms with Crippen molar-refractivity contribution in [2.24, 2.45) is 5.92 Å². The summed E-state index contributed by atoms with van der Waals surface area (Å²) in [5, 5.41) is 0. The van der Waals surface area contributed by atoms with Gasteiger partial charge in [-0.2, -0.15) is 0 Å². The molecular weight excluding hydrogens is 356 g/mol. The third kappa shape index (κ3) is 4.32. The smallest absolute Gasteiger partial charge is 0.255 e. The number of hydrogen-bond acceptors (Lipinski definition) is 3. The van der Waals surface area contributed by atoms with Gasteiger partial charge in [0.05, 0.1) is 12.2 Å². The molecule has 0 radical (unpaired) electrons. The van der Waals surface area contributed by atoms with E-state index in [-0.39, 0.29) is 5.91 Å². The lowest BCUT2D eigenvalue weighted by atomic mass is 9.97. The first-order valence-corrected chi connectivity index (χ1v) is 8.59. The summed E-state index contributed by atoms with van der Waals surface area (Å²) in [5.74, 6) is 1.47. The molecular formula is C18H19BrN2O2. The summed E-state index contributed by atoms with van der Waals surface area (Å²) in [6.07, 6.45) is 5.25. The minimum atomic E-state index is 0.0567. The third-order valence-electron chi connectivity index (χ3n) is 4.08. The molecule has 120 valence electrons. The molecule has 0 saturated carbocycles. The Labute approximate surface area is 144 Å². The highest BCUT2D eigenvalue weighted by atomic mass is 79.9. The zero-order valence-electron chi connectivity index (χ0n) is 12.8. The summed E-state index contributed by atoms with van der Waals surface area (Å²) in [6, 6.07) is 11.7. The van der Waals surface area contributed by atoms with Gasteiger partial charge in [-0.1, -0.05) is 18.2 Å². The number of aromatic nitrogens is 1. The highest BCUT2D eigenvalue weighted by Gasteiger charge is 2.24. The van der Waals surface area contributed by atoms with Gasteiger partial charge in [-0.25, -0.2) is 0 Å². The molecule has 2 heterocycles. The number of piperidine rings is 1. The second kappa shape index (κ2) is 7.59. The minimum Gasteiger partial charge on any atom is -0.493 e. The van der Waals surface area contributed by atoms with E-state index in [1.807, 2.05) is 41.3 Å². The number of nitrogens with zero attached hydrogens (tertiary/aromatic N) is 2. The number of likely N-dealkylation sites (tertiary alicyclic amines) is 1. The van der Waals surface area contributed by atoms with Crippen LogP contribution in [-0.4, -0.2) is 35.5 Å². The maximum Gasteiger partial charge on any atom is 0.255 e. The predicted octanol–water partition coefficient (Wildman–Crippen LogP) is 3.78. The van der Waals surface area contributed by atoms with Crippen LogP contribution < -0.4 is 4.74 Å². The molecule has 0 aliphatic carbocycles. The summed E-state index contributed by atoms with van der Waals surface area (Å²) in [5.41, 5.74) is 0.637. The van der Waals surface area contributed by atoms with E-state index in [9.17, 15) is 4.79 Å². The Morgan fingerprint density at radius 1 is 1.22 bits per heavy atom. The number of ether oxygens (including phenoxy) is 1. The fourth-order valence-electron chi connectivity index (χ4n) is 2.74. The zero-order valence-corrected chi connectivity index (χ0v) is 14.4. The molecule has 2 aromatic rings. The van der Waals surface area contributed by atoms with Crippen molar-refractivity contribution in [1.29, 1.82) is 0 Å². The van der Waals surface area contributed by atoms with Crippen molar-refractivity contribution in [3.63, 3.8) is 0 Å². The van der Waals surface area contributed by atoms with Crippen molar-refractivity contribution in [3.05, 3.63) is 58.8 Å². The van der Waals surface area contributed by atoms with Crippen LogP contribution in [0.15, 0.2) is 53.3 Å². The Balaban J connectivity index is 1.49. The minimum absolute atomic E-state index is 0.0567. The molecule has 0 bridgehead atoms. The first kappa shape index (κ1) is 16.0. The van der Waals surface area contributed by atoms with Crippen LogP contribution in [0.4, 0.5) is 0 Å². The van der Waals surface area contributed by atoms with Gasteiger partial charge in [-0.05, 0) is 52.9 Å². The fraction of sp³-hybridized carbons (Fsp3) is 0.333. The second-order valence-electron chi connectivity index (χ2n) is 5.75. The molecule has 0 atom stereocenters. The molecule has 23 heavy (non-hydrogen) atoms. The van der Waals surface area contributed by atoms with Crippen LogP contribution in [0.2, 0.25) is 0 Å². The molecule has 0 spiro atoms. The van der Waals surface area contributed by atoms with E-state index in [4.69, 9.17) is 4.74 Å². The summed E-state index contributed by atoms with van der Waals surface area (Å²) < 4.78 is 6.65. The first-order chi connectivity index (χ1) is 11.2. The number of benzene rings is 1. The van der Waals surface area contributed by atoms with Gasteiger partial charge in [0.25, 0.3) is 5.91 Å². The lowest BCUT2D eigenvalue weighted by molar-refractivity contribution is 0.0660. The maximum absolute atomic E-state index is 12.5. The Hall–Kier alpha value is -1.88. The van der Waals surface area contributed by atoms with Crippen molar-refractivity contribution < 1.29 is 9.53 Å². The molecule has 1 aliphatic rings. The molecule has 1 aromatic heterocycles. The van der Waals surface area contributed by atoms with E-state index in [0.29, 0.717) is 18.1 Å². The molecule has 3 rings (SSSR count). The van der Waals surface area contributed by atoms with E-state index in [0.717, 1.165) is 36.2 Å². The standard InChI is InChI=1S/C18H19BrN2O2/c19-16-10-15(11-20-12-16)18(22)21-8-6-14(7-9-21)13-23-17-4-2-1-3-5-17/h1-5,10-12,14H,6-9,13H2. The van der Waals surface area contributed by atoms with Crippen molar-refractivity contribution in [2.75, 3.05) is 19.7 Å². The number of carbonyl (C=O) groups is 1. The SMILES string of the molecule is O=C(c1cncc(Br)c1)N1CCC(COc2ccccc2)CC1. The molecule has 0 N–H and O–H groups in total. The van der Waals surface area contributed by atoms with E-state index in [1.165, 1.54) is 0 Å². The van der Waals surface area contributed by atoms with E-state index >= 15 is 0 Å². The van der Waals surface area contributed by atoms with Crippen LogP contribution in [0.5, 0.6) is 5.75 Å². The Morgan fingerprint density at radius 2 is 1.96 bits per heavy atom. The lowest BCUT2D eigenvalue weighted by Gasteiger charge is -2.32. The number of carbonyl (C=O) groups excluding carboxylic acids is 1. The average Bonchev–Trinajstić information content (AvgIpc) is 2.61. The van der Waals surface area contributed by atoms with Gasteiger partial charge >= 0.3 is 0 Å². The van der Waals surface area contributed by atoms with Gasteiger partial charge in [0.2, 0.25) is 0 Å². The molecule has 1 saturated heterocycles. The first-order valence-electron chi connectivity index (χ1n) is 7.80. The van der Waals surface area contributed by atoms with Crippen LogP contribution in [0.25, 0.3) is 0 Å². The van der Waals surface area contributed by atoms with Crippen molar-refractivity contribution in [3.8, 4) is 5.75 Å². The zero-order chi connectivity index (χ0) is 16.1. The average molecular weight is 375 g/mol. The molecule has 5 heteroatoms. The van der Waals surface area contributed by atoms with Gasteiger partial charge < -0.3 is 9.64 Å². The molecule has 1 fully saturated rings. The lowest BCUT2D eigenvalue weighted by Crippen LogP contribution is -2.39. The summed E-state index contributed by atoms with van der Waals surface area (Å²) in [6.45, 7) is 2.26. The van der Waals surface area contributed by atoms with Gasteiger partial charge in [-0.15, -0.1) is 0 Å². The van der Waals surface area contributed by atoms with Crippen LogP contribution in [0, 0.1) is 5.92 Å². The topological polar surface area (TPSA) is 42.4 Å². The van der Waals surface area contributed by atoms with Crippen molar-refractivity contribution >= 4 is 21.8 Å². The summed E-state index contributed by atoms with van der Waals surface area (Å²) in [7, 11) is 0. The Morgan fingerprint density at radius 3 is 2.65 bits per heavy atom. The fourth-order valence-corrected chi connectivity index (χ4v) is 3.11. The van der Waals surface area contributed by atoms with Crippen LogP contribution in [-0.2, 0) is 0 Å². The summed E-state index contributed by atoms with van der Waals surface area (Å²) in [4.78, 5) is 18.4. The molecule has 4 nitrogen and oxygen atoms in total. The van der Waals surface area contributed by atoms with Gasteiger partial charge in [-0.3, -0.25) is 9.78 Å². The van der Waals surface area contributed by atoms with E-state index in [1.54, 1.807) is 12.4 Å². The summed E-state index contributed by atoms with van der Waals surface area (Å²) >= 11 is 3.36. The van der Waals surface area contributed by atoms with Crippen LogP contribution >= 0.6 is 15.9 Å². The van der Waals surface area contributed by atoms with E-state index < -0.39 is 0 Å². The maximum atomic E-state index is 12.5. The number of pyridine rings is 1. The highest BCUT2D eigenvalue weighted by Crippen LogP contribution is 2.21. The molecule has 0 unspecified atom stereocenters. The number of hydrogen-bond donors (Lipinski definition) is 0. The van der Waals surface area contributed by atoms with Crippen LogP contribution in [0.1, 0.15) is 23.2 Å². The normalized spacial score (nSPS) is 15.4. The van der Waals surface area contributed by atoms with Gasteiger partial charge in [0, 0.05) is 30.0 Å². The number of amides is 1. The largest absolute Gasteiger partial charge is 0.493 e. The molecule has 1 aliphatic heterocycles. The highest BCUT2D eigenvalue weighted by molar-refractivity contribution is 9.10. The number of para-hydroxylation sites is 1. The monoisotopic (exact) mass is 374 g/mol. The molecule has 1 aromatic carbocycles. The van der Waals surface area contributed by atoms with E-state index in [2.05, 4.69) is 20.9 Å². The van der Waals surface area contributed by atoms with Gasteiger partial charge in [0.1, 0.15) is 5.75 Å². The third-order valence-corrected chi connectivity index (χ3v) is 4.52. The Kier molecular flexibility index (Phi) is 5.28. The van der Waals surface area contributed by atoms with Crippen molar-refractivity contribution in [1.82, 2.24) is 9.88 Å².